The molecular formula is C12H20O2. The van der Waals surface area contributed by atoms with E-state index >= 15 is 0 Å². The molecule has 1 saturated heterocycles. The zero-order chi connectivity index (χ0) is 10.2. The SMILES string of the molecule is CC(C)C1CC2(CCCCC2)OC1=O. The van der Waals surface area contributed by atoms with Gasteiger partial charge < -0.3 is 4.74 Å². The normalized spacial score (nSPS) is 31.1. The fourth-order valence-electron chi connectivity index (χ4n) is 2.83. The van der Waals surface area contributed by atoms with Gasteiger partial charge in [-0.25, -0.2) is 0 Å². The quantitative estimate of drug-likeness (QED) is 0.603. The second kappa shape index (κ2) is 3.56. The van der Waals surface area contributed by atoms with Gasteiger partial charge in [-0.3, -0.25) is 4.79 Å². The van der Waals surface area contributed by atoms with E-state index in [2.05, 4.69) is 13.8 Å². The molecule has 1 atom stereocenters. The fourth-order valence-corrected chi connectivity index (χ4v) is 2.83. The molecule has 2 fully saturated rings. The monoisotopic (exact) mass is 196 g/mol. The van der Waals surface area contributed by atoms with Crippen molar-refractivity contribution >= 4 is 5.97 Å². The standard InChI is InChI=1S/C12H20O2/c1-9(2)10-8-12(14-11(10)13)6-4-3-5-7-12/h9-10H,3-8H2,1-2H3. The van der Waals surface area contributed by atoms with Gasteiger partial charge in [-0.2, -0.15) is 0 Å². The minimum Gasteiger partial charge on any atom is -0.459 e. The molecule has 2 rings (SSSR count). The van der Waals surface area contributed by atoms with Gasteiger partial charge in [-0.05, 0) is 31.6 Å². The maximum Gasteiger partial charge on any atom is 0.309 e. The predicted octanol–water partition coefficient (Wildman–Crippen LogP) is 2.91. The third-order valence-corrected chi connectivity index (χ3v) is 3.78. The van der Waals surface area contributed by atoms with Crippen molar-refractivity contribution in [3.8, 4) is 0 Å². The van der Waals surface area contributed by atoms with Crippen molar-refractivity contribution < 1.29 is 9.53 Å². The van der Waals surface area contributed by atoms with E-state index in [-0.39, 0.29) is 17.5 Å². The first-order valence-electron chi connectivity index (χ1n) is 5.86. The lowest BCUT2D eigenvalue weighted by Gasteiger charge is -2.31. The number of esters is 1. The largest absolute Gasteiger partial charge is 0.459 e. The summed E-state index contributed by atoms with van der Waals surface area (Å²) >= 11 is 0. The van der Waals surface area contributed by atoms with E-state index in [1.54, 1.807) is 0 Å². The van der Waals surface area contributed by atoms with E-state index < -0.39 is 0 Å². The third kappa shape index (κ3) is 1.67. The molecule has 0 N–H and O–H groups in total. The summed E-state index contributed by atoms with van der Waals surface area (Å²) in [7, 11) is 0. The zero-order valence-electron chi connectivity index (χ0n) is 9.21. The maximum atomic E-state index is 11.7. The lowest BCUT2D eigenvalue weighted by Crippen LogP contribution is -2.31. The van der Waals surface area contributed by atoms with Crippen LogP contribution < -0.4 is 0 Å². The Labute approximate surface area is 86.0 Å². The van der Waals surface area contributed by atoms with Gasteiger partial charge >= 0.3 is 5.97 Å². The third-order valence-electron chi connectivity index (χ3n) is 3.78. The predicted molar refractivity (Wildman–Crippen MR) is 54.9 cm³/mol. The molecule has 1 unspecified atom stereocenters. The molecule has 0 aromatic rings. The topological polar surface area (TPSA) is 26.3 Å². The Morgan fingerprint density at radius 1 is 1.29 bits per heavy atom. The summed E-state index contributed by atoms with van der Waals surface area (Å²) in [6.07, 6.45) is 6.95. The zero-order valence-corrected chi connectivity index (χ0v) is 9.21. The average Bonchev–Trinajstić information content (AvgIpc) is 2.44. The highest BCUT2D eigenvalue weighted by Gasteiger charge is 2.47. The van der Waals surface area contributed by atoms with Crippen molar-refractivity contribution in [2.45, 2.75) is 58.0 Å². The average molecular weight is 196 g/mol. The Morgan fingerprint density at radius 3 is 2.43 bits per heavy atom. The van der Waals surface area contributed by atoms with Crippen LogP contribution in [-0.2, 0) is 9.53 Å². The van der Waals surface area contributed by atoms with Crippen LogP contribution in [0.2, 0.25) is 0 Å². The molecule has 1 spiro atoms. The van der Waals surface area contributed by atoms with Crippen LogP contribution in [0, 0.1) is 11.8 Å². The smallest absolute Gasteiger partial charge is 0.309 e. The van der Waals surface area contributed by atoms with Gasteiger partial charge in [0.1, 0.15) is 5.60 Å². The first-order valence-corrected chi connectivity index (χ1v) is 5.86. The molecule has 0 aromatic carbocycles. The van der Waals surface area contributed by atoms with Crippen LogP contribution >= 0.6 is 0 Å². The van der Waals surface area contributed by atoms with Crippen molar-refractivity contribution in [1.82, 2.24) is 0 Å². The number of carbonyl (C=O) groups is 1. The molecule has 1 aliphatic heterocycles. The second-order valence-electron chi connectivity index (χ2n) is 5.22. The summed E-state index contributed by atoms with van der Waals surface area (Å²) in [5.74, 6) is 0.652. The molecule has 0 bridgehead atoms. The van der Waals surface area contributed by atoms with E-state index in [9.17, 15) is 4.79 Å². The Bertz CT molecular complexity index is 226. The van der Waals surface area contributed by atoms with Crippen molar-refractivity contribution in [2.24, 2.45) is 11.8 Å². The summed E-state index contributed by atoms with van der Waals surface area (Å²) in [6, 6.07) is 0. The summed E-state index contributed by atoms with van der Waals surface area (Å²) < 4.78 is 5.62. The first-order chi connectivity index (χ1) is 6.63. The van der Waals surface area contributed by atoms with E-state index in [1.807, 2.05) is 0 Å². The van der Waals surface area contributed by atoms with Crippen molar-refractivity contribution in [1.29, 1.82) is 0 Å². The van der Waals surface area contributed by atoms with Crippen LogP contribution in [0.4, 0.5) is 0 Å². The highest BCUT2D eigenvalue weighted by molar-refractivity contribution is 5.75. The van der Waals surface area contributed by atoms with E-state index in [1.165, 1.54) is 19.3 Å². The Morgan fingerprint density at radius 2 is 1.93 bits per heavy atom. The van der Waals surface area contributed by atoms with Gasteiger partial charge in [-0.15, -0.1) is 0 Å². The Balaban J connectivity index is 2.07. The number of carbonyl (C=O) groups excluding carboxylic acids is 1. The van der Waals surface area contributed by atoms with Gasteiger partial charge in [0.15, 0.2) is 0 Å². The summed E-state index contributed by atoms with van der Waals surface area (Å²) in [5, 5.41) is 0. The molecule has 2 aliphatic rings. The van der Waals surface area contributed by atoms with Crippen LogP contribution in [0.1, 0.15) is 52.4 Å². The van der Waals surface area contributed by atoms with Crippen molar-refractivity contribution in [2.75, 3.05) is 0 Å². The summed E-state index contributed by atoms with van der Waals surface area (Å²) in [5.41, 5.74) is -0.0513. The molecule has 2 nitrogen and oxygen atoms in total. The minimum absolute atomic E-state index is 0.0513. The molecule has 1 heterocycles. The fraction of sp³-hybridized carbons (Fsp3) is 0.917. The van der Waals surface area contributed by atoms with Crippen LogP contribution in [-0.4, -0.2) is 11.6 Å². The highest BCUT2D eigenvalue weighted by atomic mass is 16.6. The lowest BCUT2D eigenvalue weighted by molar-refractivity contribution is -0.153. The number of ether oxygens (including phenoxy) is 1. The molecule has 80 valence electrons. The van der Waals surface area contributed by atoms with E-state index in [4.69, 9.17) is 4.74 Å². The number of rotatable bonds is 1. The summed E-state index contributed by atoms with van der Waals surface area (Å²) in [6.45, 7) is 4.24. The van der Waals surface area contributed by atoms with Crippen molar-refractivity contribution in [3.63, 3.8) is 0 Å². The van der Waals surface area contributed by atoms with E-state index in [0.29, 0.717) is 5.92 Å². The Kier molecular flexibility index (Phi) is 2.54. The molecule has 1 saturated carbocycles. The van der Waals surface area contributed by atoms with Gasteiger partial charge in [0.05, 0.1) is 5.92 Å². The molecular weight excluding hydrogens is 176 g/mol. The summed E-state index contributed by atoms with van der Waals surface area (Å²) in [4.78, 5) is 11.7. The van der Waals surface area contributed by atoms with Gasteiger partial charge in [0.25, 0.3) is 0 Å². The maximum absolute atomic E-state index is 11.7. The van der Waals surface area contributed by atoms with Gasteiger partial charge in [0, 0.05) is 6.42 Å². The number of hydrogen-bond donors (Lipinski definition) is 0. The molecule has 1 aliphatic carbocycles. The molecule has 0 amide bonds. The first kappa shape index (κ1) is 10.0. The minimum atomic E-state index is -0.0513. The van der Waals surface area contributed by atoms with Crippen LogP contribution in [0.3, 0.4) is 0 Å². The van der Waals surface area contributed by atoms with Gasteiger partial charge in [0.2, 0.25) is 0 Å². The van der Waals surface area contributed by atoms with Gasteiger partial charge in [-0.1, -0.05) is 20.3 Å². The number of hydrogen-bond acceptors (Lipinski definition) is 2. The molecule has 0 aromatic heterocycles. The second-order valence-corrected chi connectivity index (χ2v) is 5.22. The van der Waals surface area contributed by atoms with Crippen LogP contribution in [0.15, 0.2) is 0 Å². The van der Waals surface area contributed by atoms with E-state index in [0.717, 1.165) is 19.3 Å². The lowest BCUT2D eigenvalue weighted by atomic mass is 9.78. The van der Waals surface area contributed by atoms with Crippen LogP contribution in [0.25, 0.3) is 0 Å². The van der Waals surface area contributed by atoms with Crippen molar-refractivity contribution in [3.05, 3.63) is 0 Å². The molecule has 2 heteroatoms. The Hall–Kier alpha value is -0.530. The highest BCUT2D eigenvalue weighted by Crippen LogP contribution is 2.44. The van der Waals surface area contributed by atoms with Crippen LogP contribution in [0.5, 0.6) is 0 Å². The molecule has 0 radical (unpaired) electrons. The molecule has 14 heavy (non-hydrogen) atoms.